The Hall–Kier alpha value is -2.11. The van der Waals surface area contributed by atoms with Crippen molar-refractivity contribution >= 4 is 46.2 Å². The molecule has 3 rings (SSSR count). The van der Waals surface area contributed by atoms with Gasteiger partial charge in [-0.1, -0.05) is 29.8 Å². The molecule has 1 fully saturated rings. The first-order valence-electron chi connectivity index (χ1n) is 6.41. The molecule has 1 aliphatic heterocycles. The highest BCUT2D eigenvalue weighted by Gasteiger charge is 2.24. The van der Waals surface area contributed by atoms with E-state index in [1.165, 1.54) is 23.9 Å². The monoisotopic (exact) mass is 332 g/mol. The van der Waals surface area contributed by atoms with Crippen molar-refractivity contribution < 1.29 is 9.18 Å². The summed E-state index contributed by atoms with van der Waals surface area (Å²) in [5.41, 5.74) is 1.05. The maximum Gasteiger partial charge on any atom is 0.264 e. The number of halogens is 2. The molecule has 0 atom stereocenters. The molecule has 2 aromatic carbocycles. The molecule has 0 aromatic heterocycles. The SMILES string of the molecule is O=C1NC(=Nc2ccc(Cl)cc2)S/C1=C\c1ccccc1F. The predicted molar refractivity (Wildman–Crippen MR) is 88.7 cm³/mol. The van der Waals surface area contributed by atoms with E-state index in [1.807, 2.05) is 0 Å². The van der Waals surface area contributed by atoms with Crippen molar-refractivity contribution in [3.8, 4) is 0 Å². The number of carbonyl (C=O) groups is 1. The Kier molecular flexibility index (Phi) is 4.27. The zero-order valence-electron chi connectivity index (χ0n) is 11.2. The van der Waals surface area contributed by atoms with E-state index in [1.54, 1.807) is 42.5 Å². The fraction of sp³-hybridized carbons (Fsp3) is 0. The number of nitrogens with one attached hydrogen (secondary N) is 1. The smallest absolute Gasteiger partial charge is 0.264 e. The number of aliphatic imine (C=N–C) groups is 1. The molecule has 1 amide bonds. The molecule has 6 heteroatoms. The van der Waals surface area contributed by atoms with Crippen LogP contribution in [0.15, 0.2) is 58.4 Å². The van der Waals surface area contributed by atoms with Crippen molar-refractivity contribution in [2.24, 2.45) is 4.99 Å². The predicted octanol–water partition coefficient (Wildman–Crippen LogP) is 4.37. The summed E-state index contributed by atoms with van der Waals surface area (Å²) in [5, 5.41) is 3.73. The minimum Gasteiger partial charge on any atom is -0.300 e. The van der Waals surface area contributed by atoms with E-state index in [2.05, 4.69) is 10.3 Å². The van der Waals surface area contributed by atoms with Gasteiger partial charge in [-0.15, -0.1) is 0 Å². The van der Waals surface area contributed by atoms with Crippen molar-refractivity contribution in [2.75, 3.05) is 0 Å². The minimum atomic E-state index is -0.369. The van der Waals surface area contributed by atoms with Crippen molar-refractivity contribution in [2.45, 2.75) is 0 Å². The number of hydrogen-bond donors (Lipinski definition) is 1. The summed E-state index contributed by atoms with van der Waals surface area (Å²) in [5.74, 6) is -0.660. The Bertz CT molecular complexity index is 787. The Labute approximate surface area is 135 Å². The molecule has 0 unspecified atom stereocenters. The van der Waals surface area contributed by atoms with E-state index in [-0.39, 0.29) is 11.7 Å². The second-order valence-electron chi connectivity index (χ2n) is 4.48. The summed E-state index contributed by atoms with van der Waals surface area (Å²) < 4.78 is 13.6. The van der Waals surface area contributed by atoms with Gasteiger partial charge in [0, 0.05) is 10.6 Å². The van der Waals surface area contributed by atoms with E-state index < -0.39 is 0 Å². The van der Waals surface area contributed by atoms with Crippen LogP contribution in [0.4, 0.5) is 10.1 Å². The van der Waals surface area contributed by atoms with Crippen LogP contribution in [0.25, 0.3) is 6.08 Å². The summed E-state index contributed by atoms with van der Waals surface area (Å²) in [6.07, 6.45) is 1.51. The topological polar surface area (TPSA) is 41.5 Å². The van der Waals surface area contributed by atoms with Crippen LogP contribution in [0.3, 0.4) is 0 Å². The first-order valence-corrected chi connectivity index (χ1v) is 7.61. The van der Waals surface area contributed by atoms with Crippen molar-refractivity contribution in [3.63, 3.8) is 0 Å². The maximum atomic E-state index is 13.6. The van der Waals surface area contributed by atoms with Crippen molar-refractivity contribution in [3.05, 3.63) is 69.8 Å². The Morgan fingerprint density at radius 2 is 1.86 bits per heavy atom. The van der Waals surface area contributed by atoms with Gasteiger partial charge in [0.05, 0.1) is 10.6 Å². The molecule has 22 heavy (non-hydrogen) atoms. The van der Waals surface area contributed by atoms with Crippen molar-refractivity contribution in [1.29, 1.82) is 0 Å². The average molecular weight is 333 g/mol. The van der Waals surface area contributed by atoms with E-state index in [4.69, 9.17) is 11.6 Å². The molecule has 1 saturated heterocycles. The van der Waals surface area contributed by atoms with Crippen LogP contribution in [0.1, 0.15) is 5.56 Å². The lowest BCUT2D eigenvalue weighted by Crippen LogP contribution is -2.19. The number of amidine groups is 1. The first-order chi connectivity index (χ1) is 10.6. The van der Waals surface area contributed by atoms with E-state index in [0.717, 1.165) is 0 Å². The van der Waals surface area contributed by atoms with Gasteiger partial charge in [-0.3, -0.25) is 4.79 Å². The number of amides is 1. The number of nitrogens with zero attached hydrogens (tertiary/aromatic N) is 1. The molecule has 0 bridgehead atoms. The summed E-state index contributed by atoms with van der Waals surface area (Å²) in [6.45, 7) is 0. The van der Waals surface area contributed by atoms with Crippen LogP contribution in [0, 0.1) is 5.82 Å². The fourth-order valence-corrected chi connectivity index (χ4v) is 2.81. The van der Waals surface area contributed by atoms with Gasteiger partial charge in [0.25, 0.3) is 5.91 Å². The first kappa shape index (κ1) is 14.8. The molecule has 0 spiro atoms. The standard InChI is InChI=1S/C16H10ClFN2OS/c17-11-5-7-12(8-6-11)19-16-20-15(21)14(22-16)9-10-3-1-2-4-13(10)18/h1-9H,(H,19,20,21)/b14-9-. The highest BCUT2D eigenvalue weighted by Crippen LogP contribution is 2.28. The molecule has 0 radical (unpaired) electrons. The van der Waals surface area contributed by atoms with E-state index in [0.29, 0.717) is 26.3 Å². The van der Waals surface area contributed by atoms with Crippen LogP contribution in [-0.4, -0.2) is 11.1 Å². The second kappa shape index (κ2) is 6.34. The molecule has 110 valence electrons. The zero-order valence-corrected chi connectivity index (χ0v) is 12.8. The molecular weight excluding hydrogens is 323 g/mol. The Morgan fingerprint density at radius 1 is 1.14 bits per heavy atom. The highest BCUT2D eigenvalue weighted by atomic mass is 35.5. The van der Waals surface area contributed by atoms with Gasteiger partial charge < -0.3 is 5.32 Å². The Morgan fingerprint density at radius 3 is 2.59 bits per heavy atom. The van der Waals surface area contributed by atoms with Gasteiger partial charge >= 0.3 is 0 Å². The normalized spacial score (nSPS) is 18.0. The number of benzene rings is 2. The summed E-state index contributed by atoms with van der Waals surface area (Å²) in [4.78, 5) is 16.6. The lowest BCUT2D eigenvalue weighted by Gasteiger charge is -1.97. The second-order valence-corrected chi connectivity index (χ2v) is 5.95. The minimum absolute atomic E-state index is 0.291. The lowest BCUT2D eigenvalue weighted by atomic mass is 10.2. The molecule has 1 heterocycles. The summed E-state index contributed by atoms with van der Waals surface area (Å²) >= 11 is 6.98. The van der Waals surface area contributed by atoms with Crippen LogP contribution in [-0.2, 0) is 4.79 Å². The van der Waals surface area contributed by atoms with Gasteiger partial charge in [0.1, 0.15) is 5.82 Å². The third-order valence-electron chi connectivity index (χ3n) is 2.90. The van der Waals surface area contributed by atoms with Gasteiger partial charge in [0.2, 0.25) is 0 Å². The quantitative estimate of drug-likeness (QED) is 0.830. The van der Waals surface area contributed by atoms with Crippen molar-refractivity contribution in [1.82, 2.24) is 5.32 Å². The van der Waals surface area contributed by atoms with Gasteiger partial charge in [0.15, 0.2) is 5.17 Å². The largest absolute Gasteiger partial charge is 0.300 e. The molecule has 0 saturated carbocycles. The van der Waals surface area contributed by atoms with Gasteiger partial charge in [-0.05, 0) is 48.2 Å². The van der Waals surface area contributed by atoms with Gasteiger partial charge in [-0.25, -0.2) is 9.38 Å². The maximum absolute atomic E-state index is 13.6. The average Bonchev–Trinajstić information content (AvgIpc) is 2.84. The number of carbonyl (C=O) groups excluding carboxylic acids is 1. The number of hydrogen-bond acceptors (Lipinski definition) is 3. The summed E-state index contributed by atoms with van der Waals surface area (Å²) in [6, 6.07) is 13.2. The van der Waals surface area contributed by atoms with E-state index in [9.17, 15) is 9.18 Å². The van der Waals surface area contributed by atoms with E-state index >= 15 is 0 Å². The molecule has 1 aliphatic rings. The molecule has 0 aliphatic carbocycles. The fourth-order valence-electron chi connectivity index (χ4n) is 1.85. The highest BCUT2D eigenvalue weighted by molar-refractivity contribution is 8.18. The van der Waals surface area contributed by atoms with Crippen LogP contribution >= 0.6 is 23.4 Å². The lowest BCUT2D eigenvalue weighted by molar-refractivity contribution is -0.115. The third kappa shape index (κ3) is 3.37. The zero-order chi connectivity index (χ0) is 15.5. The van der Waals surface area contributed by atoms with Gasteiger partial charge in [-0.2, -0.15) is 0 Å². The summed E-state index contributed by atoms with van der Waals surface area (Å²) in [7, 11) is 0. The van der Waals surface area contributed by atoms with Crippen LogP contribution < -0.4 is 5.32 Å². The molecule has 1 N–H and O–H groups in total. The van der Waals surface area contributed by atoms with Crippen LogP contribution in [0.5, 0.6) is 0 Å². The molecule has 3 nitrogen and oxygen atoms in total. The molecule has 2 aromatic rings. The number of thioether (sulfide) groups is 1. The number of rotatable bonds is 2. The Balaban J connectivity index is 1.84. The third-order valence-corrected chi connectivity index (χ3v) is 4.06. The van der Waals surface area contributed by atoms with Crippen LogP contribution in [0.2, 0.25) is 5.02 Å². The molecular formula is C16H10ClFN2OS.